The van der Waals surface area contributed by atoms with Crippen molar-refractivity contribution in [2.45, 2.75) is 6.92 Å². The van der Waals surface area contributed by atoms with Crippen LogP contribution in [0.25, 0.3) is 0 Å². The first-order valence-corrected chi connectivity index (χ1v) is 5.44. The highest BCUT2D eigenvalue weighted by Gasteiger charge is 2.17. The highest BCUT2D eigenvalue weighted by atomic mass is 19.1. The molecule has 0 bridgehead atoms. The van der Waals surface area contributed by atoms with Crippen molar-refractivity contribution < 1.29 is 13.6 Å². The van der Waals surface area contributed by atoms with Gasteiger partial charge in [-0.2, -0.15) is 5.10 Å². The van der Waals surface area contributed by atoms with Crippen LogP contribution in [0.3, 0.4) is 0 Å². The molecule has 5 nitrogen and oxygen atoms in total. The van der Waals surface area contributed by atoms with Crippen molar-refractivity contribution in [2.24, 2.45) is 7.05 Å². The third kappa shape index (κ3) is 2.54. The van der Waals surface area contributed by atoms with E-state index in [0.717, 1.165) is 12.1 Å². The molecule has 2 rings (SSSR count). The number of carbonyl (C=O) groups excluding carboxylic acids is 1. The summed E-state index contributed by atoms with van der Waals surface area (Å²) in [4.78, 5) is 11.9. The Labute approximate surface area is 108 Å². The molecule has 1 heterocycles. The number of nitrogen functional groups attached to an aromatic ring is 1. The van der Waals surface area contributed by atoms with E-state index in [0.29, 0.717) is 11.4 Å². The minimum absolute atomic E-state index is 0.409. The van der Waals surface area contributed by atoms with Gasteiger partial charge >= 0.3 is 0 Å². The number of carbonyl (C=O) groups is 1. The summed E-state index contributed by atoms with van der Waals surface area (Å²) in [5.74, 6) is -2.49. The van der Waals surface area contributed by atoms with E-state index >= 15 is 0 Å². The Hall–Kier alpha value is -2.44. The molecule has 3 N–H and O–H groups in total. The summed E-state index contributed by atoms with van der Waals surface area (Å²) in [5, 5.41) is 6.48. The molecule has 1 aromatic heterocycles. The minimum atomic E-state index is -0.944. The number of nitrogens with zero attached hydrogens (tertiary/aromatic N) is 2. The first kappa shape index (κ1) is 13.0. The standard InChI is InChI=1S/C12H12F2N4O/c1-6-10(5-18(2)17-6)16-12(19)8-3-7(13)4-9(15)11(8)14/h3-5H,15H2,1-2H3,(H,16,19). The molecular weight excluding hydrogens is 254 g/mol. The highest BCUT2D eigenvalue weighted by molar-refractivity contribution is 6.05. The molecule has 0 saturated carbocycles. The third-order valence-electron chi connectivity index (χ3n) is 2.57. The number of amides is 1. The largest absolute Gasteiger partial charge is 0.396 e. The van der Waals surface area contributed by atoms with Gasteiger partial charge in [-0.25, -0.2) is 8.78 Å². The fraction of sp³-hybridized carbons (Fsp3) is 0.167. The molecule has 0 saturated heterocycles. The van der Waals surface area contributed by atoms with Crippen LogP contribution >= 0.6 is 0 Å². The quantitative estimate of drug-likeness (QED) is 0.815. The second kappa shape index (κ2) is 4.68. The van der Waals surface area contributed by atoms with Crippen LogP contribution in [0, 0.1) is 18.6 Å². The normalized spacial score (nSPS) is 10.5. The molecule has 1 aromatic carbocycles. The lowest BCUT2D eigenvalue weighted by molar-refractivity contribution is 0.102. The smallest absolute Gasteiger partial charge is 0.258 e. The number of aromatic nitrogens is 2. The average molecular weight is 266 g/mol. The van der Waals surface area contributed by atoms with Crippen LogP contribution in [0.2, 0.25) is 0 Å². The Balaban J connectivity index is 2.33. The first-order valence-electron chi connectivity index (χ1n) is 5.44. The molecule has 0 aliphatic carbocycles. The van der Waals surface area contributed by atoms with Crippen LogP contribution in [0.5, 0.6) is 0 Å². The number of aryl methyl sites for hydroxylation is 2. The molecule has 19 heavy (non-hydrogen) atoms. The summed E-state index contributed by atoms with van der Waals surface area (Å²) in [7, 11) is 1.68. The van der Waals surface area contributed by atoms with Gasteiger partial charge < -0.3 is 11.1 Å². The molecule has 1 amide bonds. The van der Waals surface area contributed by atoms with Crippen LogP contribution in [0.15, 0.2) is 18.3 Å². The Bertz CT molecular complexity index is 651. The Morgan fingerprint density at radius 2 is 2.11 bits per heavy atom. The van der Waals surface area contributed by atoms with E-state index in [2.05, 4.69) is 10.4 Å². The van der Waals surface area contributed by atoms with Crippen LogP contribution in [-0.4, -0.2) is 15.7 Å². The fourth-order valence-corrected chi connectivity index (χ4v) is 1.69. The number of rotatable bonds is 2. The van der Waals surface area contributed by atoms with Crippen molar-refractivity contribution in [1.82, 2.24) is 9.78 Å². The average Bonchev–Trinajstić information content (AvgIpc) is 2.62. The fourth-order valence-electron chi connectivity index (χ4n) is 1.69. The highest BCUT2D eigenvalue weighted by Crippen LogP contribution is 2.19. The van der Waals surface area contributed by atoms with Crippen LogP contribution in [-0.2, 0) is 7.05 Å². The van der Waals surface area contributed by atoms with Gasteiger partial charge in [-0.1, -0.05) is 0 Å². The summed E-state index contributed by atoms with van der Waals surface area (Å²) in [6.45, 7) is 1.69. The van der Waals surface area contributed by atoms with Gasteiger partial charge in [-0.3, -0.25) is 9.48 Å². The monoisotopic (exact) mass is 266 g/mol. The van der Waals surface area contributed by atoms with Gasteiger partial charge in [0.25, 0.3) is 5.91 Å². The van der Waals surface area contributed by atoms with E-state index in [1.165, 1.54) is 4.68 Å². The molecule has 100 valence electrons. The maximum absolute atomic E-state index is 13.7. The van der Waals surface area contributed by atoms with Crippen LogP contribution in [0.1, 0.15) is 16.1 Å². The van der Waals surface area contributed by atoms with Crippen LogP contribution < -0.4 is 11.1 Å². The molecule has 0 atom stereocenters. The van der Waals surface area contributed by atoms with Crippen LogP contribution in [0.4, 0.5) is 20.2 Å². The molecular formula is C12H12F2N4O. The summed E-state index contributed by atoms with van der Waals surface area (Å²) >= 11 is 0. The number of hydrogen-bond acceptors (Lipinski definition) is 3. The molecule has 7 heteroatoms. The van der Waals surface area contributed by atoms with E-state index in [1.54, 1.807) is 20.2 Å². The van der Waals surface area contributed by atoms with Gasteiger partial charge in [0.1, 0.15) is 5.82 Å². The van der Waals surface area contributed by atoms with Gasteiger partial charge in [0, 0.05) is 13.2 Å². The number of benzene rings is 1. The second-order valence-electron chi connectivity index (χ2n) is 4.11. The van der Waals surface area contributed by atoms with E-state index in [4.69, 9.17) is 5.73 Å². The third-order valence-corrected chi connectivity index (χ3v) is 2.57. The van der Waals surface area contributed by atoms with E-state index < -0.39 is 28.8 Å². The van der Waals surface area contributed by atoms with Gasteiger partial charge in [0.15, 0.2) is 5.82 Å². The maximum Gasteiger partial charge on any atom is 0.258 e. The summed E-state index contributed by atoms with van der Waals surface area (Å²) < 4.78 is 28.3. The van der Waals surface area contributed by atoms with Crippen molar-refractivity contribution in [3.8, 4) is 0 Å². The summed E-state index contributed by atoms with van der Waals surface area (Å²) in [6.07, 6.45) is 1.56. The molecule has 0 spiro atoms. The van der Waals surface area contributed by atoms with Gasteiger partial charge in [0.05, 0.1) is 22.6 Å². The summed E-state index contributed by atoms with van der Waals surface area (Å²) in [6, 6.07) is 1.62. The van der Waals surface area contributed by atoms with E-state index in [9.17, 15) is 13.6 Å². The predicted octanol–water partition coefficient (Wildman–Crippen LogP) is 1.84. The number of hydrogen-bond donors (Lipinski definition) is 2. The van der Waals surface area contributed by atoms with E-state index in [-0.39, 0.29) is 0 Å². The van der Waals surface area contributed by atoms with Gasteiger partial charge in [-0.05, 0) is 19.1 Å². The summed E-state index contributed by atoms with van der Waals surface area (Å²) in [5.41, 5.74) is 5.42. The zero-order valence-corrected chi connectivity index (χ0v) is 10.4. The first-order chi connectivity index (χ1) is 8.88. The number of nitrogens with one attached hydrogen (secondary N) is 1. The SMILES string of the molecule is Cc1nn(C)cc1NC(=O)c1cc(F)cc(N)c1F. The minimum Gasteiger partial charge on any atom is -0.396 e. The zero-order valence-electron chi connectivity index (χ0n) is 10.4. The predicted molar refractivity (Wildman–Crippen MR) is 66.7 cm³/mol. The van der Waals surface area contributed by atoms with E-state index in [1.807, 2.05) is 0 Å². The Morgan fingerprint density at radius 3 is 2.68 bits per heavy atom. The van der Waals surface area contributed by atoms with Crippen molar-refractivity contribution in [3.63, 3.8) is 0 Å². The van der Waals surface area contributed by atoms with Crippen molar-refractivity contribution >= 4 is 17.3 Å². The second-order valence-corrected chi connectivity index (χ2v) is 4.11. The Morgan fingerprint density at radius 1 is 1.42 bits per heavy atom. The molecule has 0 unspecified atom stereocenters. The van der Waals surface area contributed by atoms with Crippen molar-refractivity contribution in [2.75, 3.05) is 11.1 Å². The zero-order chi connectivity index (χ0) is 14.2. The number of anilines is 2. The van der Waals surface area contributed by atoms with Gasteiger partial charge in [-0.15, -0.1) is 0 Å². The van der Waals surface area contributed by atoms with Gasteiger partial charge in [0.2, 0.25) is 0 Å². The molecule has 0 fully saturated rings. The molecule has 0 aliphatic rings. The van der Waals surface area contributed by atoms with Crippen molar-refractivity contribution in [1.29, 1.82) is 0 Å². The molecule has 0 aliphatic heterocycles. The Kier molecular flexibility index (Phi) is 3.20. The lowest BCUT2D eigenvalue weighted by Crippen LogP contribution is -2.15. The molecule has 0 radical (unpaired) electrons. The lowest BCUT2D eigenvalue weighted by atomic mass is 10.1. The number of halogens is 2. The lowest BCUT2D eigenvalue weighted by Gasteiger charge is -2.06. The van der Waals surface area contributed by atoms with Crippen molar-refractivity contribution in [3.05, 3.63) is 41.2 Å². The topological polar surface area (TPSA) is 72.9 Å². The maximum atomic E-state index is 13.7. The molecule has 2 aromatic rings. The number of nitrogens with two attached hydrogens (primary N) is 1.